The average Bonchev–Trinajstić information content (AvgIpc) is 2.90. The summed E-state index contributed by atoms with van der Waals surface area (Å²) in [7, 11) is 0. The molecule has 0 aliphatic carbocycles. The van der Waals surface area contributed by atoms with Crippen LogP contribution in [0.5, 0.6) is 0 Å². The van der Waals surface area contributed by atoms with Gasteiger partial charge in [-0.15, -0.1) is 0 Å². The van der Waals surface area contributed by atoms with Crippen molar-refractivity contribution in [2.24, 2.45) is 0 Å². The van der Waals surface area contributed by atoms with Gasteiger partial charge in [-0.1, -0.05) is 30.3 Å². The number of nitriles is 1. The minimum Gasteiger partial charge on any atom is -0.462 e. The van der Waals surface area contributed by atoms with Gasteiger partial charge in [0.2, 0.25) is 0 Å². The summed E-state index contributed by atoms with van der Waals surface area (Å²) in [5, 5.41) is 8.99. The van der Waals surface area contributed by atoms with Gasteiger partial charge in [-0.05, 0) is 6.92 Å². The van der Waals surface area contributed by atoms with Crippen molar-refractivity contribution in [1.82, 2.24) is 5.48 Å². The Bertz CT molecular complexity index is 582. The molecular formula is C14H12N2O3. The van der Waals surface area contributed by atoms with Crippen LogP contribution in [0.25, 0.3) is 5.70 Å². The van der Waals surface area contributed by atoms with E-state index in [1.54, 1.807) is 19.1 Å². The first-order chi connectivity index (χ1) is 9.26. The van der Waals surface area contributed by atoms with Gasteiger partial charge in [-0.25, -0.2) is 10.3 Å². The second-order valence-corrected chi connectivity index (χ2v) is 3.70. The fourth-order valence-electron chi connectivity index (χ4n) is 1.59. The van der Waals surface area contributed by atoms with Crippen LogP contribution in [-0.2, 0) is 14.4 Å². The van der Waals surface area contributed by atoms with Crippen LogP contribution in [0.15, 0.2) is 47.7 Å². The summed E-state index contributed by atoms with van der Waals surface area (Å²) in [6, 6.07) is 11.2. The number of nitrogens with one attached hydrogen (secondary N) is 1. The molecule has 1 heterocycles. The van der Waals surface area contributed by atoms with Crippen LogP contribution >= 0.6 is 0 Å². The van der Waals surface area contributed by atoms with E-state index in [4.69, 9.17) is 14.8 Å². The first-order valence-electron chi connectivity index (χ1n) is 5.77. The number of carbonyl (C=O) groups is 1. The summed E-state index contributed by atoms with van der Waals surface area (Å²) in [5.74, 6) is -0.521. The van der Waals surface area contributed by atoms with Crippen molar-refractivity contribution in [3.8, 4) is 6.07 Å². The van der Waals surface area contributed by atoms with Crippen LogP contribution in [0.4, 0.5) is 0 Å². The number of hydrogen-bond acceptors (Lipinski definition) is 5. The third kappa shape index (κ3) is 2.75. The second kappa shape index (κ2) is 5.74. The molecule has 96 valence electrons. The number of nitrogens with zero attached hydrogens (tertiary/aromatic N) is 1. The number of esters is 1. The number of hydrogen-bond donors (Lipinski definition) is 1. The molecule has 0 fully saturated rings. The van der Waals surface area contributed by atoms with Crippen molar-refractivity contribution in [1.29, 1.82) is 5.26 Å². The Morgan fingerprint density at radius 3 is 2.79 bits per heavy atom. The van der Waals surface area contributed by atoms with Crippen LogP contribution in [0.2, 0.25) is 0 Å². The van der Waals surface area contributed by atoms with Crippen molar-refractivity contribution >= 4 is 11.7 Å². The lowest BCUT2D eigenvalue weighted by Gasteiger charge is -2.03. The number of hydroxylamine groups is 1. The van der Waals surface area contributed by atoms with Gasteiger partial charge in [-0.3, -0.25) is 0 Å². The number of rotatable bonds is 3. The first kappa shape index (κ1) is 12.7. The van der Waals surface area contributed by atoms with Crippen LogP contribution < -0.4 is 5.48 Å². The van der Waals surface area contributed by atoms with Gasteiger partial charge in [0.15, 0.2) is 11.3 Å². The molecule has 0 saturated heterocycles. The molecule has 0 spiro atoms. The Hall–Kier alpha value is -2.74. The summed E-state index contributed by atoms with van der Waals surface area (Å²) >= 11 is 0. The Labute approximate surface area is 110 Å². The molecule has 0 amide bonds. The monoisotopic (exact) mass is 256 g/mol. The van der Waals surface area contributed by atoms with Crippen LogP contribution in [-0.4, -0.2) is 12.6 Å². The summed E-state index contributed by atoms with van der Waals surface area (Å²) in [6.07, 6.45) is 1.60. The van der Waals surface area contributed by atoms with E-state index < -0.39 is 5.97 Å². The van der Waals surface area contributed by atoms with E-state index in [0.717, 1.165) is 5.56 Å². The van der Waals surface area contributed by atoms with Crippen molar-refractivity contribution in [2.75, 3.05) is 6.61 Å². The molecule has 1 aliphatic rings. The summed E-state index contributed by atoms with van der Waals surface area (Å²) in [5.41, 5.74) is 4.12. The Morgan fingerprint density at radius 2 is 2.16 bits per heavy atom. The second-order valence-electron chi connectivity index (χ2n) is 3.70. The molecule has 1 aliphatic heterocycles. The highest BCUT2D eigenvalue weighted by Crippen LogP contribution is 2.22. The molecule has 0 radical (unpaired) electrons. The van der Waals surface area contributed by atoms with E-state index in [1.807, 2.05) is 30.3 Å². The fourth-order valence-corrected chi connectivity index (χ4v) is 1.59. The Morgan fingerprint density at radius 1 is 1.42 bits per heavy atom. The topological polar surface area (TPSA) is 71.4 Å². The lowest BCUT2D eigenvalue weighted by Crippen LogP contribution is -2.10. The minimum absolute atomic E-state index is 0.153. The van der Waals surface area contributed by atoms with Gasteiger partial charge in [0.1, 0.15) is 6.07 Å². The Balaban J connectivity index is 2.31. The predicted octanol–water partition coefficient (Wildman–Crippen LogP) is 1.90. The normalized spacial score (nSPS) is 15.7. The third-order valence-electron chi connectivity index (χ3n) is 2.47. The van der Waals surface area contributed by atoms with E-state index in [9.17, 15) is 4.79 Å². The van der Waals surface area contributed by atoms with Gasteiger partial charge < -0.3 is 9.57 Å². The highest BCUT2D eigenvalue weighted by Gasteiger charge is 2.22. The van der Waals surface area contributed by atoms with Crippen molar-refractivity contribution in [3.05, 3.63) is 53.3 Å². The van der Waals surface area contributed by atoms with Crippen molar-refractivity contribution in [3.63, 3.8) is 0 Å². The Kier molecular flexibility index (Phi) is 3.84. The third-order valence-corrected chi connectivity index (χ3v) is 2.47. The van der Waals surface area contributed by atoms with Gasteiger partial charge in [0.25, 0.3) is 0 Å². The SMILES string of the molecule is CCOC(=O)C(C#N)=C1C=C(c2ccccc2)NO1. The largest absolute Gasteiger partial charge is 0.462 e. The summed E-state index contributed by atoms with van der Waals surface area (Å²) in [6.45, 7) is 1.89. The summed E-state index contributed by atoms with van der Waals surface area (Å²) in [4.78, 5) is 16.7. The molecule has 1 aromatic carbocycles. The van der Waals surface area contributed by atoms with Gasteiger partial charge in [0.05, 0.1) is 12.3 Å². The molecule has 1 aromatic rings. The average molecular weight is 256 g/mol. The first-order valence-corrected chi connectivity index (χ1v) is 5.77. The lowest BCUT2D eigenvalue weighted by molar-refractivity contribution is -0.138. The van der Waals surface area contributed by atoms with E-state index in [2.05, 4.69) is 5.48 Å². The van der Waals surface area contributed by atoms with E-state index in [0.29, 0.717) is 5.70 Å². The zero-order chi connectivity index (χ0) is 13.7. The molecule has 5 nitrogen and oxygen atoms in total. The van der Waals surface area contributed by atoms with E-state index in [1.165, 1.54) is 0 Å². The van der Waals surface area contributed by atoms with Crippen molar-refractivity contribution < 1.29 is 14.4 Å². The van der Waals surface area contributed by atoms with Crippen LogP contribution in [0.3, 0.4) is 0 Å². The minimum atomic E-state index is -0.688. The van der Waals surface area contributed by atoms with Crippen LogP contribution in [0, 0.1) is 11.3 Å². The molecule has 19 heavy (non-hydrogen) atoms. The maximum Gasteiger partial charge on any atom is 0.352 e. The highest BCUT2D eigenvalue weighted by molar-refractivity contribution is 5.94. The number of allylic oxidation sites excluding steroid dienone is 1. The standard InChI is InChI=1S/C14H12N2O3/c1-2-18-14(17)11(9-15)13-8-12(16-19-13)10-6-4-3-5-7-10/h3-8,16H,2H2,1H3. The number of carbonyl (C=O) groups excluding carboxylic acids is 1. The maximum absolute atomic E-state index is 11.6. The molecule has 1 N–H and O–H groups in total. The van der Waals surface area contributed by atoms with Crippen molar-refractivity contribution in [2.45, 2.75) is 6.92 Å². The van der Waals surface area contributed by atoms with Gasteiger partial charge >= 0.3 is 5.97 Å². The zero-order valence-corrected chi connectivity index (χ0v) is 10.3. The number of benzene rings is 1. The predicted molar refractivity (Wildman–Crippen MR) is 67.9 cm³/mol. The molecule has 0 aromatic heterocycles. The highest BCUT2D eigenvalue weighted by atomic mass is 16.7. The quantitative estimate of drug-likeness (QED) is 0.508. The van der Waals surface area contributed by atoms with Crippen LogP contribution in [0.1, 0.15) is 12.5 Å². The fraction of sp³-hybridized carbons (Fsp3) is 0.143. The molecule has 0 saturated carbocycles. The molecule has 5 heteroatoms. The number of ether oxygens (including phenoxy) is 1. The zero-order valence-electron chi connectivity index (χ0n) is 10.3. The smallest absolute Gasteiger partial charge is 0.352 e. The lowest BCUT2D eigenvalue weighted by atomic mass is 10.1. The van der Waals surface area contributed by atoms with Gasteiger partial charge in [-0.2, -0.15) is 5.26 Å². The summed E-state index contributed by atoms with van der Waals surface area (Å²) < 4.78 is 4.79. The van der Waals surface area contributed by atoms with E-state index >= 15 is 0 Å². The maximum atomic E-state index is 11.6. The van der Waals surface area contributed by atoms with E-state index in [-0.39, 0.29) is 17.9 Å². The van der Waals surface area contributed by atoms with Gasteiger partial charge in [0, 0.05) is 11.6 Å². The molecule has 0 atom stereocenters. The molecule has 0 unspecified atom stereocenters. The molecule has 2 rings (SSSR count). The molecular weight excluding hydrogens is 244 g/mol. The molecule has 0 bridgehead atoms.